The molecule has 2 rings (SSSR count). The van der Waals surface area contributed by atoms with Crippen molar-refractivity contribution in [2.75, 3.05) is 0 Å². The summed E-state index contributed by atoms with van der Waals surface area (Å²) in [6.07, 6.45) is 0. The lowest BCUT2D eigenvalue weighted by Crippen LogP contribution is -1.82. The number of ether oxygens (including phenoxy) is 1. The number of hydrogen-bond donors (Lipinski definition) is 0. The second kappa shape index (κ2) is 4.70. The van der Waals surface area contributed by atoms with Crippen LogP contribution < -0.4 is 4.74 Å². The van der Waals surface area contributed by atoms with Gasteiger partial charge < -0.3 is 4.74 Å². The Kier molecular flexibility index (Phi) is 3.51. The molecule has 0 unspecified atom stereocenters. The monoisotopic (exact) mass is 323 g/mol. The van der Waals surface area contributed by atoms with Gasteiger partial charge in [-0.1, -0.05) is 34.5 Å². The number of halogens is 3. The van der Waals surface area contributed by atoms with Crippen LogP contribution in [-0.2, 0) is 0 Å². The fraction of sp³-hybridized carbons (Fsp3) is 0. The molecule has 0 bridgehead atoms. The summed E-state index contributed by atoms with van der Waals surface area (Å²) in [5, 5.41) is 3.45. The minimum absolute atomic E-state index is 0.535. The number of hydrogen-bond acceptors (Lipinski definition) is 3. The van der Waals surface area contributed by atoms with Crippen molar-refractivity contribution in [2.24, 2.45) is 0 Å². The van der Waals surface area contributed by atoms with Crippen molar-refractivity contribution in [3.63, 3.8) is 0 Å². The molecule has 1 heterocycles. The number of nitrogens with zero attached hydrogens (tertiary/aromatic N) is 1. The van der Waals surface area contributed by atoms with Gasteiger partial charge in [0.25, 0.3) is 5.19 Å². The molecule has 0 saturated heterocycles. The van der Waals surface area contributed by atoms with Gasteiger partial charge in [0.15, 0.2) is 0 Å². The maximum Gasteiger partial charge on any atom is 0.279 e. The van der Waals surface area contributed by atoms with Crippen molar-refractivity contribution in [3.8, 4) is 10.9 Å². The lowest BCUT2D eigenvalue weighted by Gasteiger charge is -2.02. The Labute approximate surface area is 109 Å². The molecule has 0 aliphatic rings. The van der Waals surface area contributed by atoms with Crippen molar-refractivity contribution < 1.29 is 4.74 Å². The largest absolute Gasteiger partial charge is 0.431 e. The average Bonchev–Trinajstić information content (AvgIpc) is 2.49. The molecule has 0 aliphatic carbocycles. The summed E-state index contributed by atoms with van der Waals surface area (Å²) in [7, 11) is 0. The molecule has 0 saturated carbocycles. The van der Waals surface area contributed by atoms with E-state index in [9.17, 15) is 0 Å². The third kappa shape index (κ3) is 3.08. The summed E-state index contributed by atoms with van der Waals surface area (Å²) < 4.78 is 6.22. The van der Waals surface area contributed by atoms with Gasteiger partial charge in [-0.25, -0.2) is 0 Å². The van der Waals surface area contributed by atoms with Crippen molar-refractivity contribution in [3.05, 3.63) is 38.2 Å². The molecule has 0 spiro atoms. The second-order valence-corrected chi connectivity index (χ2v) is 5.15. The molecule has 0 amide bonds. The molecule has 0 fully saturated rings. The van der Waals surface area contributed by atoms with E-state index in [1.807, 2.05) is 5.38 Å². The van der Waals surface area contributed by atoms with Crippen LogP contribution in [0, 0.1) is 0 Å². The maximum absolute atomic E-state index is 5.83. The van der Waals surface area contributed by atoms with Gasteiger partial charge >= 0.3 is 0 Å². The van der Waals surface area contributed by atoms with Gasteiger partial charge in [0.2, 0.25) is 0 Å². The highest BCUT2D eigenvalue weighted by Gasteiger charge is 2.04. The number of benzene rings is 1. The van der Waals surface area contributed by atoms with Crippen molar-refractivity contribution in [1.82, 2.24) is 4.98 Å². The molecule has 0 aliphatic heterocycles. The molecule has 0 atom stereocenters. The summed E-state index contributed by atoms with van der Waals surface area (Å²) in [6, 6.07) is 5.01. The smallest absolute Gasteiger partial charge is 0.279 e. The number of rotatable bonds is 2. The van der Waals surface area contributed by atoms with E-state index >= 15 is 0 Å². The van der Waals surface area contributed by atoms with Crippen LogP contribution in [0.15, 0.2) is 28.2 Å². The molecule has 15 heavy (non-hydrogen) atoms. The van der Waals surface area contributed by atoms with Crippen LogP contribution in [0.2, 0.25) is 10.0 Å². The first kappa shape index (κ1) is 11.2. The van der Waals surface area contributed by atoms with Gasteiger partial charge in [-0.3, -0.25) is 0 Å². The minimum atomic E-state index is 0.535. The fourth-order valence-electron chi connectivity index (χ4n) is 0.974. The van der Waals surface area contributed by atoms with Gasteiger partial charge in [0, 0.05) is 15.4 Å². The molecule has 78 valence electrons. The quantitative estimate of drug-likeness (QED) is 0.775. The molecular weight excluding hydrogens is 321 g/mol. The highest BCUT2D eigenvalue weighted by atomic mass is 79.9. The van der Waals surface area contributed by atoms with Crippen LogP contribution in [0.3, 0.4) is 0 Å². The van der Waals surface area contributed by atoms with E-state index < -0.39 is 0 Å². The van der Waals surface area contributed by atoms with Crippen molar-refractivity contribution in [2.45, 2.75) is 0 Å². The molecule has 1 aromatic carbocycles. The Balaban J connectivity index is 2.24. The fourth-order valence-corrected chi connectivity index (χ4v) is 2.59. The van der Waals surface area contributed by atoms with Gasteiger partial charge in [-0.05, 0) is 34.1 Å². The maximum atomic E-state index is 5.83. The summed E-state index contributed by atoms with van der Waals surface area (Å²) in [4.78, 5) is 4.09. The normalized spacial score (nSPS) is 10.3. The predicted molar refractivity (Wildman–Crippen MR) is 66.4 cm³/mol. The first-order chi connectivity index (χ1) is 7.13. The standard InChI is InChI=1S/C9H4BrCl2NOS/c10-8-4-15-9(13-8)14-7-2-5(11)1-6(12)3-7/h1-4H. The highest BCUT2D eigenvalue weighted by Crippen LogP contribution is 2.30. The molecular formula is C9H4BrCl2NOS. The lowest BCUT2D eigenvalue weighted by atomic mass is 10.3. The highest BCUT2D eigenvalue weighted by molar-refractivity contribution is 9.10. The summed E-state index contributed by atoms with van der Waals surface area (Å²) in [5.74, 6) is 0.578. The van der Waals surface area contributed by atoms with E-state index in [4.69, 9.17) is 27.9 Å². The van der Waals surface area contributed by atoms with E-state index in [1.165, 1.54) is 11.3 Å². The summed E-state index contributed by atoms with van der Waals surface area (Å²) in [5.41, 5.74) is 0. The van der Waals surface area contributed by atoms with Crippen LogP contribution >= 0.6 is 50.5 Å². The van der Waals surface area contributed by atoms with E-state index in [0.29, 0.717) is 21.0 Å². The van der Waals surface area contributed by atoms with Gasteiger partial charge in [0.1, 0.15) is 10.4 Å². The third-order valence-electron chi connectivity index (χ3n) is 1.50. The zero-order chi connectivity index (χ0) is 10.8. The number of aromatic nitrogens is 1. The summed E-state index contributed by atoms with van der Waals surface area (Å²) in [6.45, 7) is 0. The minimum Gasteiger partial charge on any atom is -0.431 e. The van der Waals surface area contributed by atoms with Gasteiger partial charge in [0.05, 0.1) is 0 Å². The molecule has 2 aromatic rings. The molecule has 0 radical (unpaired) electrons. The van der Waals surface area contributed by atoms with Crippen molar-refractivity contribution >= 4 is 50.5 Å². The molecule has 1 aromatic heterocycles. The molecule has 0 N–H and O–H groups in total. The van der Waals surface area contributed by atoms with Crippen LogP contribution in [0.4, 0.5) is 0 Å². The first-order valence-electron chi connectivity index (χ1n) is 3.88. The van der Waals surface area contributed by atoms with Crippen LogP contribution in [0.1, 0.15) is 0 Å². The zero-order valence-corrected chi connectivity index (χ0v) is 11.1. The Morgan fingerprint density at radius 2 is 1.87 bits per heavy atom. The van der Waals surface area contributed by atoms with Gasteiger partial charge in [-0.2, -0.15) is 4.98 Å². The topological polar surface area (TPSA) is 22.1 Å². The summed E-state index contributed by atoms with van der Waals surface area (Å²) >= 11 is 16.3. The van der Waals surface area contributed by atoms with Gasteiger partial charge in [-0.15, -0.1) is 0 Å². The Bertz CT molecular complexity index is 468. The SMILES string of the molecule is Clc1cc(Cl)cc(Oc2nc(Br)cs2)c1. The predicted octanol–water partition coefficient (Wildman–Crippen LogP) is 5.00. The van der Waals surface area contributed by atoms with Crippen LogP contribution in [0.5, 0.6) is 10.9 Å². The van der Waals surface area contributed by atoms with Crippen LogP contribution in [-0.4, -0.2) is 4.98 Å². The van der Waals surface area contributed by atoms with E-state index in [0.717, 1.165) is 4.60 Å². The first-order valence-corrected chi connectivity index (χ1v) is 6.31. The van der Waals surface area contributed by atoms with Crippen molar-refractivity contribution in [1.29, 1.82) is 0 Å². The Morgan fingerprint density at radius 1 is 1.20 bits per heavy atom. The Hall–Kier alpha value is -0.290. The lowest BCUT2D eigenvalue weighted by molar-refractivity contribution is 0.478. The second-order valence-electron chi connectivity index (χ2n) is 2.64. The van der Waals surface area contributed by atoms with E-state index in [2.05, 4.69) is 20.9 Å². The Morgan fingerprint density at radius 3 is 2.40 bits per heavy atom. The molecule has 6 heteroatoms. The zero-order valence-electron chi connectivity index (χ0n) is 7.21. The average molecular weight is 325 g/mol. The van der Waals surface area contributed by atoms with Crippen LogP contribution in [0.25, 0.3) is 0 Å². The third-order valence-corrected chi connectivity index (χ3v) is 3.36. The molecule has 2 nitrogen and oxygen atoms in total. The van der Waals surface area contributed by atoms with E-state index in [-0.39, 0.29) is 0 Å². The van der Waals surface area contributed by atoms with E-state index in [1.54, 1.807) is 18.2 Å². The number of thiazole rings is 1.